The molecule has 2 aromatic carbocycles. The van der Waals surface area contributed by atoms with E-state index in [1.54, 1.807) is 0 Å². The Bertz CT molecular complexity index is 1170. The highest BCUT2D eigenvalue weighted by Gasteiger charge is 2.18. The number of imide groups is 1. The van der Waals surface area contributed by atoms with Crippen LogP contribution in [0.2, 0.25) is 0 Å². The summed E-state index contributed by atoms with van der Waals surface area (Å²) in [6.07, 6.45) is 4.55. The number of alkyl halides is 2. The summed E-state index contributed by atoms with van der Waals surface area (Å²) < 4.78 is 39.0. The normalized spacial score (nSPS) is 12.6. The number of ether oxygens (including phenoxy) is 2. The summed E-state index contributed by atoms with van der Waals surface area (Å²) in [4.78, 5) is 36.2. The van der Waals surface area contributed by atoms with E-state index in [9.17, 15) is 23.2 Å². The Hall–Kier alpha value is -3.75. The summed E-state index contributed by atoms with van der Waals surface area (Å²) in [7, 11) is 0. The van der Waals surface area contributed by atoms with Crippen LogP contribution in [0.25, 0.3) is 11.0 Å². The molecule has 9 heteroatoms. The van der Waals surface area contributed by atoms with Crippen molar-refractivity contribution in [3.05, 3.63) is 64.9 Å². The van der Waals surface area contributed by atoms with E-state index in [0.717, 1.165) is 24.6 Å². The van der Waals surface area contributed by atoms with E-state index in [0.29, 0.717) is 11.1 Å². The van der Waals surface area contributed by atoms with E-state index >= 15 is 0 Å². The fourth-order valence-electron chi connectivity index (χ4n) is 3.66. The minimum absolute atomic E-state index is 0.0590. The molecule has 0 fully saturated rings. The van der Waals surface area contributed by atoms with Crippen molar-refractivity contribution in [3.63, 3.8) is 0 Å². The molecule has 32 heavy (non-hydrogen) atoms. The second kappa shape index (κ2) is 9.17. The molecule has 2 amide bonds. The van der Waals surface area contributed by atoms with Crippen LogP contribution in [-0.4, -0.2) is 31.0 Å². The van der Waals surface area contributed by atoms with Crippen LogP contribution in [0.15, 0.2) is 47.1 Å². The van der Waals surface area contributed by atoms with Gasteiger partial charge in [0.25, 0.3) is 11.8 Å². The number of halogens is 2. The molecule has 0 saturated carbocycles. The Morgan fingerprint density at radius 3 is 2.50 bits per heavy atom. The van der Waals surface area contributed by atoms with Crippen LogP contribution >= 0.6 is 0 Å². The predicted molar refractivity (Wildman–Crippen MR) is 108 cm³/mol. The molecule has 0 saturated heterocycles. The smallest absolute Gasteiger partial charge is 0.387 e. The summed E-state index contributed by atoms with van der Waals surface area (Å²) in [5.41, 5.74) is 3.95. The van der Waals surface area contributed by atoms with E-state index in [-0.39, 0.29) is 17.7 Å². The highest BCUT2D eigenvalue weighted by atomic mass is 19.3. The molecule has 0 radical (unpaired) electrons. The zero-order valence-corrected chi connectivity index (χ0v) is 16.9. The Morgan fingerprint density at radius 2 is 1.78 bits per heavy atom. The largest absolute Gasteiger partial charge is 0.464 e. The van der Waals surface area contributed by atoms with E-state index in [2.05, 4.69) is 10.1 Å². The number of carbonyl (C=O) groups excluding carboxylic acids is 3. The van der Waals surface area contributed by atoms with Crippen LogP contribution in [-0.2, 0) is 33.6 Å². The first-order valence-corrected chi connectivity index (χ1v) is 9.95. The average molecular weight is 443 g/mol. The van der Waals surface area contributed by atoms with E-state index in [1.807, 2.05) is 12.1 Å². The van der Waals surface area contributed by atoms with Crippen LogP contribution in [0.1, 0.15) is 33.5 Å². The van der Waals surface area contributed by atoms with Crippen LogP contribution in [0.5, 0.6) is 5.75 Å². The zero-order chi connectivity index (χ0) is 22.7. The lowest BCUT2D eigenvalue weighted by Crippen LogP contribution is -2.34. The van der Waals surface area contributed by atoms with Crippen molar-refractivity contribution >= 4 is 28.8 Å². The monoisotopic (exact) mass is 443 g/mol. The van der Waals surface area contributed by atoms with Crippen molar-refractivity contribution < 1.29 is 37.1 Å². The van der Waals surface area contributed by atoms with Crippen LogP contribution in [0.3, 0.4) is 0 Å². The van der Waals surface area contributed by atoms with Crippen LogP contribution in [0, 0.1) is 0 Å². The van der Waals surface area contributed by atoms with Gasteiger partial charge in [-0.1, -0.05) is 0 Å². The highest BCUT2D eigenvalue weighted by molar-refractivity contribution is 6.05. The number of rotatable bonds is 7. The third-order valence-corrected chi connectivity index (χ3v) is 5.16. The van der Waals surface area contributed by atoms with Crippen LogP contribution < -0.4 is 10.1 Å². The molecule has 1 heterocycles. The Balaban J connectivity index is 1.28. The molecule has 3 aromatic rings. The topological polar surface area (TPSA) is 94.8 Å². The lowest BCUT2D eigenvalue weighted by molar-refractivity contribution is -0.147. The third kappa shape index (κ3) is 4.93. The summed E-state index contributed by atoms with van der Waals surface area (Å²) in [6, 6.07) is 8.84. The lowest BCUT2D eigenvalue weighted by atomic mass is 10.0. The van der Waals surface area contributed by atoms with Gasteiger partial charge in [0.15, 0.2) is 6.61 Å². The molecule has 0 spiro atoms. The van der Waals surface area contributed by atoms with Gasteiger partial charge >= 0.3 is 12.6 Å². The molecule has 0 atom stereocenters. The molecule has 4 rings (SSSR count). The predicted octanol–water partition coefficient (Wildman–Crippen LogP) is 3.57. The van der Waals surface area contributed by atoms with Gasteiger partial charge in [0.2, 0.25) is 0 Å². The molecule has 166 valence electrons. The quantitative estimate of drug-likeness (QED) is 0.561. The van der Waals surface area contributed by atoms with E-state index in [1.165, 1.54) is 41.7 Å². The maximum absolute atomic E-state index is 12.2. The van der Waals surface area contributed by atoms with Crippen molar-refractivity contribution in [1.82, 2.24) is 5.32 Å². The minimum atomic E-state index is -2.98. The third-order valence-electron chi connectivity index (χ3n) is 5.16. The maximum Gasteiger partial charge on any atom is 0.387 e. The van der Waals surface area contributed by atoms with Gasteiger partial charge in [0.05, 0.1) is 12.7 Å². The number of nitrogens with one attached hydrogen (secondary N) is 1. The zero-order valence-electron chi connectivity index (χ0n) is 16.9. The van der Waals surface area contributed by atoms with Crippen molar-refractivity contribution in [2.75, 3.05) is 6.61 Å². The highest BCUT2D eigenvalue weighted by Crippen LogP contribution is 2.30. The number of esters is 1. The van der Waals surface area contributed by atoms with Gasteiger partial charge in [-0.3, -0.25) is 19.7 Å². The van der Waals surface area contributed by atoms with Crippen molar-refractivity contribution in [2.24, 2.45) is 0 Å². The van der Waals surface area contributed by atoms with Crippen molar-refractivity contribution in [1.29, 1.82) is 0 Å². The second-order valence-corrected chi connectivity index (χ2v) is 7.35. The van der Waals surface area contributed by atoms with Gasteiger partial charge in [-0.25, -0.2) is 0 Å². The van der Waals surface area contributed by atoms with Crippen molar-refractivity contribution in [3.8, 4) is 5.75 Å². The van der Waals surface area contributed by atoms with Gasteiger partial charge in [-0.15, -0.1) is 0 Å². The number of amides is 2. The number of fused-ring (bicyclic) bond motifs is 2. The minimum Gasteiger partial charge on any atom is -0.464 e. The Labute approximate surface area is 181 Å². The number of hydrogen-bond donors (Lipinski definition) is 1. The number of furan rings is 1. The summed E-state index contributed by atoms with van der Waals surface area (Å²) in [5, 5.41) is 2.91. The lowest BCUT2D eigenvalue weighted by Gasteiger charge is -2.07. The molecular weight excluding hydrogens is 424 g/mol. The van der Waals surface area contributed by atoms with Gasteiger partial charge in [-0.05, 0) is 66.8 Å². The Kier molecular flexibility index (Phi) is 6.16. The standard InChI is InChI=1S/C23H19F2NO6/c24-23(25)32-17-6-4-13(5-7-17)22(29)26-20(27)12-31-21(28)10-16-11-30-19-9-15-3-1-2-14(15)8-18(16)19/h4-9,11,23H,1-3,10,12H2,(H,26,27,29). The number of aryl methyl sites for hydroxylation is 2. The summed E-state index contributed by atoms with van der Waals surface area (Å²) in [5.74, 6) is -2.33. The molecule has 0 aliphatic heterocycles. The number of carbonyl (C=O) groups is 3. The fraction of sp³-hybridized carbons (Fsp3) is 0.261. The summed E-state index contributed by atoms with van der Waals surface area (Å²) >= 11 is 0. The molecule has 0 bridgehead atoms. The molecule has 1 aliphatic rings. The molecule has 1 N–H and O–H groups in total. The van der Waals surface area contributed by atoms with Gasteiger partial charge in [0, 0.05) is 16.5 Å². The first-order chi connectivity index (χ1) is 15.4. The summed E-state index contributed by atoms with van der Waals surface area (Å²) in [6.45, 7) is -3.62. The van der Waals surface area contributed by atoms with E-state index < -0.39 is 31.0 Å². The first kappa shape index (κ1) is 21.5. The number of hydrogen-bond acceptors (Lipinski definition) is 6. The molecule has 1 aliphatic carbocycles. The first-order valence-electron chi connectivity index (χ1n) is 9.95. The average Bonchev–Trinajstić information content (AvgIpc) is 3.37. The fourth-order valence-corrected chi connectivity index (χ4v) is 3.66. The molecule has 1 aromatic heterocycles. The van der Waals surface area contributed by atoms with Crippen LogP contribution in [0.4, 0.5) is 8.78 Å². The molecular formula is C23H19F2NO6. The SMILES string of the molecule is O=C(COC(=O)Cc1coc2cc3c(cc12)CCC3)NC(=O)c1ccc(OC(F)F)cc1. The molecule has 0 unspecified atom stereocenters. The van der Waals surface area contributed by atoms with Gasteiger partial charge < -0.3 is 13.9 Å². The van der Waals surface area contributed by atoms with Gasteiger partial charge in [0.1, 0.15) is 11.3 Å². The maximum atomic E-state index is 12.2. The van der Waals surface area contributed by atoms with Crippen molar-refractivity contribution in [2.45, 2.75) is 32.3 Å². The Morgan fingerprint density at radius 1 is 1.06 bits per heavy atom. The number of benzene rings is 2. The molecule has 7 nitrogen and oxygen atoms in total. The van der Waals surface area contributed by atoms with Gasteiger partial charge in [-0.2, -0.15) is 8.78 Å². The van der Waals surface area contributed by atoms with E-state index in [4.69, 9.17) is 9.15 Å². The second-order valence-electron chi connectivity index (χ2n) is 7.35.